The van der Waals surface area contributed by atoms with Crippen molar-refractivity contribution < 1.29 is 4.74 Å². The minimum absolute atomic E-state index is 0.443. The van der Waals surface area contributed by atoms with Gasteiger partial charge in [-0.25, -0.2) is 4.68 Å². The van der Waals surface area contributed by atoms with Crippen molar-refractivity contribution in [1.29, 1.82) is 5.26 Å². The number of hydrogen-bond donors (Lipinski definition) is 1. The molecule has 6 nitrogen and oxygen atoms in total. The van der Waals surface area contributed by atoms with Crippen molar-refractivity contribution in [2.75, 3.05) is 0 Å². The zero-order valence-corrected chi connectivity index (χ0v) is 14.2. The number of pyridine rings is 1. The lowest BCUT2D eigenvalue weighted by Gasteiger charge is -2.11. The monoisotopic (exact) mass is 333 g/mol. The van der Waals surface area contributed by atoms with Gasteiger partial charge in [-0.2, -0.15) is 10.4 Å². The van der Waals surface area contributed by atoms with Gasteiger partial charge in [-0.15, -0.1) is 0 Å². The molecular weight excluding hydrogens is 314 g/mol. The van der Waals surface area contributed by atoms with Crippen LogP contribution in [0.2, 0.25) is 0 Å². The lowest BCUT2D eigenvalue weighted by atomic mass is 10.1. The van der Waals surface area contributed by atoms with Crippen LogP contribution in [0.15, 0.2) is 42.6 Å². The molecule has 0 radical (unpaired) electrons. The first-order chi connectivity index (χ1) is 12.1. The van der Waals surface area contributed by atoms with Crippen LogP contribution in [0.5, 0.6) is 11.6 Å². The van der Waals surface area contributed by atoms with Crippen LogP contribution in [0.25, 0.3) is 11.3 Å². The van der Waals surface area contributed by atoms with Crippen molar-refractivity contribution >= 4 is 0 Å². The molecule has 1 aromatic carbocycles. The van der Waals surface area contributed by atoms with E-state index in [1.54, 1.807) is 23.0 Å². The van der Waals surface area contributed by atoms with E-state index in [1.807, 2.05) is 38.2 Å². The summed E-state index contributed by atoms with van der Waals surface area (Å²) in [6.45, 7) is 2.48. The molecule has 0 saturated carbocycles. The normalized spacial score (nSPS) is 10.5. The number of hydrogen-bond acceptors (Lipinski definition) is 5. The number of nitrogens with two attached hydrogens (primary N) is 1. The SMILES string of the molecule is CCc1cc(Oc2cc(C#N)ccc2-c2ccc(CN)cn2)n(C)n1. The van der Waals surface area contributed by atoms with Crippen LogP contribution in [-0.2, 0) is 20.0 Å². The summed E-state index contributed by atoms with van der Waals surface area (Å²) in [5.41, 5.74) is 9.62. The molecule has 126 valence electrons. The first kappa shape index (κ1) is 16.7. The number of rotatable bonds is 5. The van der Waals surface area contributed by atoms with Gasteiger partial charge >= 0.3 is 0 Å². The number of aromatic nitrogens is 3. The highest BCUT2D eigenvalue weighted by Crippen LogP contribution is 2.33. The fourth-order valence-corrected chi connectivity index (χ4v) is 2.48. The van der Waals surface area contributed by atoms with Crippen molar-refractivity contribution in [2.24, 2.45) is 12.8 Å². The maximum atomic E-state index is 9.20. The fourth-order valence-electron chi connectivity index (χ4n) is 2.48. The molecule has 0 aliphatic carbocycles. The van der Waals surface area contributed by atoms with Gasteiger partial charge in [0.05, 0.1) is 23.0 Å². The molecule has 0 bridgehead atoms. The second-order valence-corrected chi connectivity index (χ2v) is 5.63. The number of benzene rings is 1. The van der Waals surface area contributed by atoms with Gasteiger partial charge in [0.25, 0.3) is 0 Å². The molecule has 0 atom stereocenters. The molecule has 2 aromatic heterocycles. The largest absolute Gasteiger partial charge is 0.439 e. The summed E-state index contributed by atoms with van der Waals surface area (Å²) in [7, 11) is 1.83. The Morgan fingerprint density at radius 1 is 1.24 bits per heavy atom. The van der Waals surface area contributed by atoms with E-state index in [1.165, 1.54) is 0 Å². The Hall–Kier alpha value is -3.17. The summed E-state index contributed by atoms with van der Waals surface area (Å²) in [6, 6.07) is 13.2. The fraction of sp³-hybridized carbons (Fsp3) is 0.211. The average Bonchev–Trinajstić information content (AvgIpc) is 3.01. The third-order valence-electron chi connectivity index (χ3n) is 3.91. The molecular formula is C19H19N5O. The lowest BCUT2D eigenvalue weighted by molar-refractivity contribution is 0.432. The molecule has 0 aliphatic heterocycles. The maximum absolute atomic E-state index is 9.20. The van der Waals surface area contributed by atoms with Crippen LogP contribution in [0.1, 0.15) is 23.7 Å². The van der Waals surface area contributed by atoms with Gasteiger partial charge in [0.15, 0.2) is 0 Å². The highest BCUT2D eigenvalue weighted by Gasteiger charge is 2.13. The summed E-state index contributed by atoms with van der Waals surface area (Å²) < 4.78 is 7.75. The Bertz CT molecular complexity index is 922. The predicted molar refractivity (Wildman–Crippen MR) is 94.9 cm³/mol. The Balaban J connectivity index is 2.03. The molecule has 3 aromatic rings. The predicted octanol–water partition coefficient (Wildman–Crippen LogP) is 3.17. The second-order valence-electron chi connectivity index (χ2n) is 5.63. The van der Waals surface area contributed by atoms with Crippen LogP contribution in [0.3, 0.4) is 0 Å². The third kappa shape index (κ3) is 3.52. The molecule has 0 aliphatic rings. The van der Waals surface area contributed by atoms with Gasteiger partial charge in [-0.1, -0.05) is 13.0 Å². The summed E-state index contributed by atoms with van der Waals surface area (Å²) in [4.78, 5) is 4.46. The van der Waals surface area contributed by atoms with Gasteiger partial charge < -0.3 is 10.5 Å². The minimum atomic E-state index is 0.443. The van der Waals surface area contributed by atoms with E-state index in [4.69, 9.17) is 10.5 Å². The summed E-state index contributed by atoms with van der Waals surface area (Å²) in [6.07, 6.45) is 2.57. The number of aryl methyl sites for hydroxylation is 2. The second kappa shape index (κ2) is 7.16. The smallest absolute Gasteiger partial charge is 0.217 e. The molecule has 0 saturated heterocycles. The maximum Gasteiger partial charge on any atom is 0.217 e. The minimum Gasteiger partial charge on any atom is -0.439 e. The number of nitrogens with zero attached hydrogens (tertiary/aromatic N) is 4. The first-order valence-corrected chi connectivity index (χ1v) is 8.05. The van der Waals surface area contributed by atoms with Crippen molar-refractivity contribution in [2.45, 2.75) is 19.9 Å². The average molecular weight is 333 g/mol. The Labute approximate surface area is 146 Å². The van der Waals surface area contributed by atoms with Gasteiger partial charge in [-0.3, -0.25) is 4.98 Å². The molecule has 0 fully saturated rings. The highest BCUT2D eigenvalue weighted by atomic mass is 16.5. The van der Waals surface area contributed by atoms with Crippen LogP contribution in [0.4, 0.5) is 0 Å². The van der Waals surface area contributed by atoms with E-state index in [-0.39, 0.29) is 0 Å². The highest BCUT2D eigenvalue weighted by molar-refractivity contribution is 5.69. The molecule has 25 heavy (non-hydrogen) atoms. The summed E-state index contributed by atoms with van der Waals surface area (Å²) in [5.74, 6) is 1.18. The molecule has 6 heteroatoms. The van der Waals surface area contributed by atoms with Crippen LogP contribution in [-0.4, -0.2) is 14.8 Å². The Kier molecular flexibility index (Phi) is 4.78. The molecule has 0 amide bonds. The topological polar surface area (TPSA) is 89.7 Å². The van der Waals surface area contributed by atoms with Crippen molar-refractivity contribution in [3.63, 3.8) is 0 Å². The molecule has 0 spiro atoms. The molecule has 3 rings (SSSR count). The molecule has 2 heterocycles. The lowest BCUT2D eigenvalue weighted by Crippen LogP contribution is -1.99. The Morgan fingerprint density at radius 3 is 2.68 bits per heavy atom. The summed E-state index contributed by atoms with van der Waals surface area (Å²) >= 11 is 0. The summed E-state index contributed by atoms with van der Waals surface area (Å²) in [5, 5.41) is 13.6. The zero-order valence-electron chi connectivity index (χ0n) is 14.2. The van der Waals surface area contributed by atoms with Gasteiger partial charge in [0.1, 0.15) is 5.75 Å². The van der Waals surface area contributed by atoms with Gasteiger partial charge in [0.2, 0.25) is 5.88 Å². The van der Waals surface area contributed by atoms with Crippen LogP contribution < -0.4 is 10.5 Å². The first-order valence-electron chi connectivity index (χ1n) is 8.05. The quantitative estimate of drug-likeness (QED) is 0.774. The van der Waals surface area contributed by atoms with E-state index in [2.05, 4.69) is 16.2 Å². The van der Waals surface area contributed by atoms with Crippen LogP contribution >= 0.6 is 0 Å². The van der Waals surface area contributed by atoms with E-state index >= 15 is 0 Å². The number of ether oxygens (including phenoxy) is 1. The van der Waals surface area contributed by atoms with Gasteiger partial charge in [0, 0.05) is 31.4 Å². The van der Waals surface area contributed by atoms with E-state index in [0.29, 0.717) is 23.7 Å². The van der Waals surface area contributed by atoms with Crippen LogP contribution in [0, 0.1) is 11.3 Å². The number of nitriles is 1. The van der Waals surface area contributed by atoms with Crippen molar-refractivity contribution in [1.82, 2.24) is 14.8 Å². The van der Waals surface area contributed by atoms with Crippen molar-refractivity contribution in [3.05, 3.63) is 59.4 Å². The van der Waals surface area contributed by atoms with E-state index in [0.717, 1.165) is 28.9 Å². The molecule has 0 unspecified atom stereocenters. The van der Waals surface area contributed by atoms with Gasteiger partial charge in [-0.05, 0) is 36.2 Å². The third-order valence-corrected chi connectivity index (χ3v) is 3.91. The standard InChI is InChI=1S/C19H19N5O/c1-3-15-9-19(24(2)23-15)25-18-8-13(10-20)4-6-16(18)17-7-5-14(11-21)12-22-17/h4-9,12H,3,11,21H2,1-2H3. The van der Waals surface area contributed by atoms with E-state index in [9.17, 15) is 5.26 Å². The zero-order chi connectivity index (χ0) is 17.8. The van der Waals surface area contributed by atoms with E-state index < -0.39 is 0 Å². The van der Waals surface area contributed by atoms with Crippen molar-refractivity contribution in [3.8, 4) is 29.0 Å². The Morgan fingerprint density at radius 2 is 2.08 bits per heavy atom. The molecule has 2 N–H and O–H groups in total.